The van der Waals surface area contributed by atoms with Crippen molar-refractivity contribution in [2.24, 2.45) is 0 Å². The van der Waals surface area contributed by atoms with Crippen molar-refractivity contribution in [3.63, 3.8) is 0 Å². The highest BCUT2D eigenvalue weighted by Gasteiger charge is 2.05. The lowest BCUT2D eigenvalue weighted by Crippen LogP contribution is -2.20. The van der Waals surface area contributed by atoms with Gasteiger partial charge in [-0.15, -0.1) is 0 Å². The van der Waals surface area contributed by atoms with Gasteiger partial charge in [-0.25, -0.2) is 4.98 Å². The summed E-state index contributed by atoms with van der Waals surface area (Å²) in [6.45, 7) is 8.07. The number of nitrogens with one attached hydrogen (secondary N) is 1. The third-order valence-corrected chi connectivity index (χ3v) is 2.08. The van der Waals surface area contributed by atoms with Crippen LogP contribution in [-0.4, -0.2) is 30.8 Å². The largest absolute Gasteiger partial charge is 0.490 e. The molecule has 0 spiro atoms. The highest BCUT2D eigenvalue weighted by atomic mass is 16.5. The first-order valence-electron chi connectivity index (χ1n) is 5.71. The fourth-order valence-electron chi connectivity index (χ4n) is 1.38. The zero-order valence-electron chi connectivity index (χ0n) is 10.2. The summed E-state index contributed by atoms with van der Waals surface area (Å²) in [5.74, 6) is 1.56. The smallest absolute Gasteiger partial charge is 0.168 e. The van der Waals surface area contributed by atoms with Crippen molar-refractivity contribution in [3.8, 4) is 5.75 Å². The lowest BCUT2D eigenvalue weighted by Gasteiger charge is -2.15. The molecule has 0 aliphatic heterocycles. The van der Waals surface area contributed by atoms with E-state index in [1.807, 2.05) is 32.9 Å². The first-order valence-corrected chi connectivity index (χ1v) is 5.71. The molecule has 1 N–H and O–H groups in total. The second-order valence-electron chi connectivity index (χ2n) is 3.43. The molecule has 1 heterocycles. The van der Waals surface area contributed by atoms with Gasteiger partial charge in [-0.1, -0.05) is 0 Å². The van der Waals surface area contributed by atoms with Crippen molar-refractivity contribution in [1.82, 2.24) is 4.98 Å². The van der Waals surface area contributed by atoms with Crippen molar-refractivity contribution in [3.05, 3.63) is 18.3 Å². The van der Waals surface area contributed by atoms with Gasteiger partial charge in [-0.2, -0.15) is 0 Å². The standard InChI is InChI=1S/C12H20N2O2/c1-4-15-10(3)9-14-12-11(16-5-2)7-6-8-13-12/h6-8,10H,4-5,9H2,1-3H3,(H,13,14). The van der Waals surface area contributed by atoms with E-state index in [0.29, 0.717) is 6.61 Å². The molecule has 1 unspecified atom stereocenters. The van der Waals surface area contributed by atoms with Gasteiger partial charge in [0.25, 0.3) is 0 Å². The Labute approximate surface area is 97.0 Å². The number of pyridine rings is 1. The van der Waals surface area contributed by atoms with Gasteiger partial charge >= 0.3 is 0 Å². The molecule has 0 aromatic carbocycles. The van der Waals surface area contributed by atoms with E-state index >= 15 is 0 Å². The molecule has 0 radical (unpaired) electrons. The Balaban J connectivity index is 2.52. The minimum atomic E-state index is 0.168. The van der Waals surface area contributed by atoms with E-state index < -0.39 is 0 Å². The lowest BCUT2D eigenvalue weighted by atomic mass is 10.3. The van der Waals surface area contributed by atoms with Gasteiger partial charge in [-0.05, 0) is 32.9 Å². The Morgan fingerprint density at radius 1 is 1.38 bits per heavy atom. The maximum atomic E-state index is 5.46. The van der Waals surface area contributed by atoms with Crippen LogP contribution in [0.25, 0.3) is 0 Å². The molecular formula is C12H20N2O2. The predicted octanol–water partition coefficient (Wildman–Crippen LogP) is 2.32. The van der Waals surface area contributed by atoms with Crippen molar-refractivity contribution < 1.29 is 9.47 Å². The summed E-state index contributed by atoms with van der Waals surface area (Å²) < 4.78 is 10.9. The van der Waals surface area contributed by atoms with Gasteiger partial charge in [0.2, 0.25) is 0 Å². The topological polar surface area (TPSA) is 43.4 Å². The van der Waals surface area contributed by atoms with Crippen molar-refractivity contribution in [1.29, 1.82) is 0 Å². The number of nitrogens with zero attached hydrogens (tertiary/aromatic N) is 1. The molecule has 1 atom stereocenters. The van der Waals surface area contributed by atoms with Crippen LogP contribution in [0.4, 0.5) is 5.82 Å². The first kappa shape index (κ1) is 12.8. The van der Waals surface area contributed by atoms with E-state index in [9.17, 15) is 0 Å². The van der Waals surface area contributed by atoms with E-state index in [4.69, 9.17) is 9.47 Å². The van der Waals surface area contributed by atoms with Crippen molar-refractivity contribution in [2.45, 2.75) is 26.9 Å². The third kappa shape index (κ3) is 4.06. The molecule has 4 heteroatoms. The Bertz CT molecular complexity index is 305. The van der Waals surface area contributed by atoms with Crippen LogP contribution in [-0.2, 0) is 4.74 Å². The van der Waals surface area contributed by atoms with Crippen molar-refractivity contribution >= 4 is 5.82 Å². The molecule has 1 rings (SSSR count). The Hall–Kier alpha value is -1.29. The van der Waals surface area contributed by atoms with Crippen LogP contribution < -0.4 is 10.1 Å². The fraction of sp³-hybridized carbons (Fsp3) is 0.583. The van der Waals surface area contributed by atoms with E-state index in [2.05, 4.69) is 10.3 Å². The minimum absolute atomic E-state index is 0.168. The number of rotatable bonds is 7. The normalized spacial score (nSPS) is 12.2. The van der Waals surface area contributed by atoms with Gasteiger partial charge in [0, 0.05) is 19.3 Å². The molecular weight excluding hydrogens is 204 g/mol. The maximum Gasteiger partial charge on any atom is 0.168 e. The summed E-state index contributed by atoms with van der Waals surface area (Å²) in [4.78, 5) is 4.24. The zero-order chi connectivity index (χ0) is 11.8. The lowest BCUT2D eigenvalue weighted by molar-refractivity contribution is 0.0854. The van der Waals surface area contributed by atoms with Crippen LogP contribution in [0.15, 0.2) is 18.3 Å². The summed E-state index contributed by atoms with van der Waals surface area (Å²) >= 11 is 0. The molecule has 4 nitrogen and oxygen atoms in total. The Morgan fingerprint density at radius 3 is 2.88 bits per heavy atom. The van der Waals surface area contributed by atoms with Crippen LogP contribution >= 0.6 is 0 Å². The van der Waals surface area contributed by atoms with Gasteiger partial charge in [0.15, 0.2) is 11.6 Å². The van der Waals surface area contributed by atoms with Gasteiger partial charge in [-0.3, -0.25) is 0 Å². The number of aromatic nitrogens is 1. The van der Waals surface area contributed by atoms with E-state index in [-0.39, 0.29) is 6.10 Å². The monoisotopic (exact) mass is 224 g/mol. The van der Waals surface area contributed by atoms with Crippen LogP contribution in [0.3, 0.4) is 0 Å². The Morgan fingerprint density at radius 2 is 2.19 bits per heavy atom. The summed E-state index contributed by atoms with van der Waals surface area (Å²) in [7, 11) is 0. The molecule has 16 heavy (non-hydrogen) atoms. The van der Waals surface area contributed by atoms with E-state index in [0.717, 1.165) is 24.7 Å². The quantitative estimate of drug-likeness (QED) is 0.772. The maximum absolute atomic E-state index is 5.46. The second kappa shape index (κ2) is 7.06. The zero-order valence-corrected chi connectivity index (χ0v) is 10.2. The number of hydrogen-bond acceptors (Lipinski definition) is 4. The highest BCUT2D eigenvalue weighted by molar-refractivity contribution is 5.49. The summed E-state index contributed by atoms with van der Waals surface area (Å²) in [5.41, 5.74) is 0. The Kier molecular flexibility index (Phi) is 5.64. The van der Waals surface area contributed by atoms with E-state index in [1.165, 1.54) is 0 Å². The molecule has 0 bridgehead atoms. The minimum Gasteiger partial charge on any atom is -0.490 e. The average Bonchev–Trinajstić information content (AvgIpc) is 2.29. The number of hydrogen-bond donors (Lipinski definition) is 1. The summed E-state index contributed by atoms with van der Waals surface area (Å²) in [5, 5.41) is 3.22. The van der Waals surface area contributed by atoms with Crippen LogP contribution in [0.5, 0.6) is 5.75 Å². The average molecular weight is 224 g/mol. The second-order valence-corrected chi connectivity index (χ2v) is 3.43. The molecule has 0 aliphatic carbocycles. The van der Waals surface area contributed by atoms with Crippen LogP contribution in [0.2, 0.25) is 0 Å². The van der Waals surface area contributed by atoms with Gasteiger partial charge in [0.05, 0.1) is 12.7 Å². The third-order valence-electron chi connectivity index (χ3n) is 2.08. The fourth-order valence-corrected chi connectivity index (χ4v) is 1.38. The summed E-state index contributed by atoms with van der Waals surface area (Å²) in [6.07, 6.45) is 1.91. The molecule has 0 amide bonds. The highest BCUT2D eigenvalue weighted by Crippen LogP contribution is 2.20. The van der Waals surface area contributed by atoms with Crippen LogP contribution in [0, 0.1) is 0 Å². The molecule has 1 aromatic rings. The SMILES string of the molecule is CCOc1cccnc1NCC(C)OCC. The molecule has 0 saturated heterocycles. The molecule has 0 fully saturated rings. The van der Waals surface area contributed by atoms with Gasteiger partial charge in [0.1, 0.15) is 0 Å². The number of anilines is 1. The predicted molar refractivity (Wildman–Crippen MR) is 65.0 cm³/mol. The van der Waals surface area contributed by atoms with Crippen molar-refractivity contribution in [2.75, 3.05) is 25.1 Å². The van der Waals surface area contributed by atoms with E-state index in [1.54, 1.807) is 6.20 Å². The molecule has 0 saturated carbocycles. The number of ether oxygens (including phenoxy) is 2. The summed E-state index contributed by atoms with van der Waals surface area (Å²) in [6, 6.07) is 3.77. The molecule has 1 aromatic heterocycles. The molecule has 0 aliphatic rings. The van der Waals surface area contributed by atoms with Crippen LogP contribution in [0.1, 0.15) is 20.8 Å². The van der Waals surface area contributed by atoms with Gasteiger partial charge < -0.3 is 14.8 Å². The first-order chi connectivity index (χ1) is 7.77. The molecule has 90 valence electrons.